The molecule has 2 aromatic rings. The molecule has 160 valence electrons. The molecule has 0 spiro atoms. The number of aromatic hydroxyl groups is 1. The number of hydrogen-bond acceptors (Lipinski definition) is 5. The highest BCUT2D eigenvalue weighted by Crippen LogP contribution is 2.30. The normalized spacial score (nSPS) is 16.1. The molecule has 1 aromatic carbocycles. The molecule has 1 fully saturated rings. The van der Waals surface area contributed by atoms with Gasteiger partial charge in [-0.25, -0.2) is 9.78 Å². The number of nitrogens with zero attached hydrogens (tertiary/aromatic N) is 2. The van der Waals surface area contributed by atoms with Gasteiger partial charge in [-0.15, -0.1) is 0 Å². The van der Waals surface area contributed by atoms with E-state index in [9.17, 15) is 14.7 Å². The van der Waals surface area contributed by atoms with Crippen LogP contribution < -0.4 is 20.9 Å². The quantitative estimate of drug-likeness (QED) is 0.505. The molecule has 1 aromatic heterocycles. The van der Waals surface area contributed by atoms with Gasteiger partial charge in [0.1, 0.15) is 5.75 Å². The number of amides is 3. The van der Waals surface area contributed by atoms with Crippen LogP contribution >= 0.6 is 23.2 Å². The van der Waals surface area contributed by atoms with Crippen molar-refractivity contribution in [3.05, 3.63) is 52.3 Å². The van der Waals surface area contributed by atoms with Gasteiger partial charge in [0.25, 0.3) is 5.91 Å². The van der Waals surface area contributed by atoms with Crippen LogP contribution in [0.25, 0.3) is 0 Å². The third-order valence-electron chi connectivity index (χ3n) is 4.70. The molecule has 3 rings (SSSR count). The number of aromatic nitrogens is 1. The van der Waals surface area contributed by atoms with Gasteiger partial charge in [-0.1, -0.05) is 23.2 Å². The van der Waals surface area contributed by atoms with Gasteiger partial charge >= 0.3 is 6.03 Å². The molecule has 8 nitrogen and oxygen atoms in total. The number of hydrogen-bond donors (Lipinski definition) is 4. The predicted octanol–water partition coefficient (Wildman–Crippen LogP) is 2.79. The number of piperidine rings is 1. The van der Waals surface area contributed by atoms with E-state index < -0.39 is 5.91 Å². The molecule has 10 heteroatoms. The highest BCUT2D eigenvalue weighted by molar-refractivity contribution is 6.36. The summed E-state index contributed by atoms with van der Waals surface area (Å²) >= 11 is 12.3. The largest absolute Gasteiger partial charge is 0.505 e. The van der Waals surface area contributed by atoms with Gasteiger partial charge in [-0.05, 0) is 43.2 Å². The standard InChI is InChI=1S/C20H23Cl2N5O3/c21-13-5-6-16(15(22)11-13)27-10-2-3-14(12-27)26-20(30)25-9-8-24-19(29)18-17(28)4-1-7-23-18/h1,4-7,11,14,28H,2-3,8-10,12H2,(H,24,29)(H2,25,26,30). The highest BCUT2D eigenvalue weighted by Gasteiger charge is 2.23. The number of benzene rings is 1. The Balaban J connectivity index is 1.41. The maximum atomic E-state index is 12.2. The van der Waals surface area contributed by atoms with Crippen LogP contribution in [0.15, 0.2) is 36.5 Å². The zero-order valence-corrected chi connectivity index (χ0v) is 17.7. The number of pyridine rings is 1. The summed E-state index contributed by atoms with van der Waals surface area (Å²) in [4.78, 5) is 30.1. The van der Waals surface area contributed by atoms with E-state index >= 15 is 0 Å². The smallest absolute Gasteiger partial charge is 0.315 e. The van der Waals surface area contributed by atoms with Crippen LogP contribution in [-0.4, -0.2) is 54.2 Å². The Morgan fingerprint density at radius 1 is 1.20 bits per heavy atom. The molecule has 1 unspecified atom stereocenters. The van der Waals surface area contributed by atoms with Crippen LogP contribution in [0.2, 0.25) is 10.0 Å². The van der Waals surface area contributed by atoms with Gasteiger partial charge in [0, 0.05) is 43.4 Å². The molecule has 1 atom stereocenters. The van der Waals surface area contributed by atoms with Crippen molar-refractivity contribution >= 4 is 40.8 Å². The summed E-state index contributed by atoms with van der Waals surface area (Å²) in [5.41, 5.74) is 0.846. The first-order chi connectivity index (χ1) is 14.4. The van der Waals surface area contributed by atoms with Crippen molar-refractivity contribution in [1.29, 1.82) is 0 Å². The van der Waals surface area contributed by atoms with Crippen LogP contribution in [0.3, 0.4) is 0 Å². The Hall–Kier alpha value is -2.71. The number of anilines is 1. The number of urea groups is 1. The van der Waals surface area contributed by atoms with Crippen LogP contribution in [0.5, 0.6) is 5.75 Å². The predicted molar refractivity (Wildman–Crippen MR) is 116 cm³/mol. The number of carbonyl (C=O) groups excluding carboxylic acids is 2. The fourth-order valence-corrected chi connectivity index (χ4v) is 3.82. The number of rotatable bonds is 6. The molecule has 0 radical (unpaired) electrons. The average Bonchev–Trinajstić information content (AvgIpc) is 2.71. The molecular formula is C20H23Cl2N5O3. The minimum atomic E-state index is -0.502. The minimum absolute atomic E-state index is 0.0226. The zero-order chi connectivity index (χ0) is 21.5. The number of nitrogens with one attached hydrogen (secondary N) is 3. The minimum Gasteiger partial charge on any atom is -0.505 e. The monoisotopic (exact) mass is 451 g/mol. The summed E-state index contributed by atoms with van der Waals surface area (Å²) in [5, 5.41) is 19.1. The van der Waals surface area contributed by atoms with Gasteiger partial charge in [0.05, 0.1) is 10.7 Å². The van der Waals surface area contributed by atoms with Gasteiger partial charge < -0.3 is 26.0 Å². The number of halogens is 2. The van der Waals surface area contributed by atoms with E-state index in [2.05, 4.69) is 25.8 Å². The van der Waals surface area contributed by atoms with Crippen molar-refractivity contribution in [2.24, 2.45) is 0 Å². The Kier molecular flexibility index (Phi) is 7.59. The first-order valence-corrected chi connectivity index (χ1v) is 10.4. The summed E-state index contributed by atoms with van der Waals surface area (Å²) < 4.78 is 0. The third kappa shape index (κ3) is 5.90. The maximum absolute atomic E-state index is 12.2. The van der Waals surface area contributed by atoms with Gasteiger partial charge in [0.15, 0.2) is 5.69 Å². The van der Waals surface area contributed by atoms with Crippen molar-refractivity contribution in [2.45, 2.75) is 18.9 Å². The molecule has 30 heavy (non-hydrogen) atoms. The maximum Gasteiger partial charge on any atom is 0.315 e. The Morgan fingerprint density at radius 3 is 2.77 bits per heavy atom. The zero-order valence-electron chi connectivity index (χ0n) is 16.2. The van der Waals surface area contributed by atoms with E-state index in [1.807, 2.05) is 6.07 Å². The second kappa shape index (κ2) is 10.4. The van der Waals surface area contributed by atoms with Crippen molar-refractivity contribution in [3.8, 4) is 5.75 Å². The van der Waals surface area contributed by atoms with E-state index in [1.54, 1.807) is 12.1 Å². The molecule has 1 saturated heterocycles. The highest BCUT2D eigenvalue weighted by atomic mass is 35.5. The fraction of sp³-hybridized carbons (Fsp3) is 0.350. The fourth-order valence-electron chi connectivity index (χ4n) is 3.30. The summed E-state index contributed by atoms with van der Waals surface area (Å²) in [6.07, 6.45) is 3.21. The molecule has 1 aliphatic heterocycles. The second-order valence-corrected chi connectivity index (χ2v) is 7.75. The van der Waals surface area contributed by atoms with E-state index in [4.69, 9.17) is 23.2 Å². The number of carbonyl (C=O) groups is 2. The molecule has 4 N–H and O–H groups in total. The lowest BCUT2D eigenvalue weighted by Crippen LogP contribution is -2.51. The molecular weight excluding hydrogens is 429 g/mol. The Bertz CT molecular complexity index is 912. The lowest BCUT2D eigenvalue weighted by Gasteiger charge is -2.35. The summed E-state index contributed by atoms with van der Waals surface area (Å²) in [7, 11) is 0. The summed E-state index contributed by atoms with van der Waals surface area (Å²) in [6, 6.07) is 7.98. The van der Waals surface area contributed by atoms with E-state index in [1.165, 1.54) is 18.3 Å². The van der Waals surface area contributed by atoms with Crippen molar-refractivity contribution in [1.82, 2.24) is 20.9 Å². The SMILES string of the molecule is O=C(NCCNC(=O)c1ncccc1O)NC1CCCN(c2ccc(Cl)cc2Cl)C1. The molecule has 1 aliphatic rings. The van der Waals surface area contributed by atoms with Crippen molar-refractivity contribution in [3.63, 3.8) is 0 Å². The van der Waals surface area contributed by atoms with Crippen LogP contribution in [-0.2, 0) is 0 Å². The molecule has 3 amide bonds. The van der Waals surface area contributed by atoms with Crippen LogP contribution in [0.1, 0.15) is 23.3 Å². The summed E-state index contributed by atoms with van der Waals surface area (Å²) in [6.45, 7) is 1.95. The van der Waals surface area contributed by atoms with E-state index in [0.717, 1.165) is 25.1 Å². The molecule has 0 aliphatic carbocycles. The van der Waals surface area contributed by atoms with E-state index in [0.29, 0.717) is 16.6 Å². The van der Waals surface area contributed by atoms with Gasteiger partial charge in [0.2, 0.25) is 0 Å². The third-order valence-corrected chi connectivity index (χ3v) is 5.24. The van der Waals surface area contributed by atoms with Crippen LogP contribution in [0, 0.1) is 0 Å². The summed E-state index contributed by atoms with van der Waals surface area (Å²) in [5.74, 6) is -0.693. The molecule has 2 heterocycles. The second-order valence-electron chi connectivity index (χ2n) is 6.91. The lowest BCUT2D eigenvalue weighted by atomic mass is 10.1. The van der Waals surface area contributed by atoms with Crippen LogP contribution in [0.4, 0.5) is 10.5 Å². The Labute approximate surface area is 184 Å². The lowest BCUT2D eigenvalue weighted by molar-refractivity contribution is 0.0946. The van der Waals surface area contributed by atoms with Crippen molar-refractivity contribution in [2.75, 3.05) is 31.1 Å². The molecule has 0 saturated carbocycles. The topological polar surface area (TPSA) is 107 Å². The van der Waals surface area contributed by atoms with E-state index in [-0.39, 0.29) is 36.6 Å². The van der Waals surface area contributed by atoms with Gasteiger partial charge in [-0.3, -0.25) is 4.79 Å². The van der Waals surface area contributed by atoms with Gasteiger partial charge in [-0.2, -0.15) is 0 Å². The average molecular weight is 452 g/mol. The Morgan fingerprint density at radius 2 is 2.00 bits per heavy atom. The van der Waals surface area contributed by atoms with Crippen molar-refractivity contribution < 1.29 is 14.7 Å². The molecule has 0 bridgehead atoms. The first kappa shape index (κ1) is 22.0. The first-order valence-electron chi connectivity index (χ1n) is 9.60.